The third-order valence-corrected chi connectivity index (χ3v) is 3.19. The van der Waals surface area contributed by atoms with Crippen LogP contribution in [0.4, 0.5) is 0 Å². The Morgan fingerprint density at radius 3 is 2.80 bits per heavy atom. The van der Waals surface area contributed by atoms with Gasteiger partial charge in [-0.15, -0.1) is 0 Å². The molecule has 15 heavy (non-hydrogen) atoms. The second-order valence-corrected chi connectivity index (χ2v) is 4.53. The Kier molecular flexibility index (Phi) is 4.33. The van der Waals surface area contributed by atoms with Gasteiger partial charge in [-0.25, -0.2) is 0 Å². The van der Waals surface area contributed by atoms with Gasteiger partial charge in [-0.1, -0.05) is 35.2 Å². The van der Waals surface area contributed by atoms with Gasteiger partial charge in [0.25, 0.3) is 0 Å². The topological polar surface area (TPSA) is 26.3 Å². The van der Waals surface area contributed by atoms with E-state index >= 15 is 0 Å². The van der Waals surface area contributed by atoms with Crippen LogP contribution in [0.2, 0.25) is 0 Å². The maximum atomic E-state index is 11.4. The molecule has 0 amide bonds. The molecular weight excluding hydrogens is 256 g/mol. The van der Waals surface area contributed by atoms with Crippen molar-refractivity contribution in [1.82, 2.24) is 0 Å². The second-order valence-electron chi connectivity index (χ2n) is 3.58. The van der Waals surface area contributed by atoms with Crippen molar-refractivity contribution < 1.29 is 9.53 Å². The molecule has 0 aromatic heterocycles. The van der Waals surface area contributed by atoms with Crippen LogP contribution in [-0.4, -0.2) is 13.1 Å². The average molecular weight is 271 g/mol. The number of esters is 1. The largest absolute Gasteiger partial charge is 0.469 e. The number of hydrogen-bond acceptors (Lipinski definition) is 2. The van der Waals surface area contributed by atoms with Crippen LogP contribution in [0.25, 0.3) is 0 Å². The van der Waals surface area contributed by atoms with Gasteiger partial charge in [0.2, 0.25) is 0 Å². The Labute approximate surface area is 98.8 Å². The summed E-state index contributed by atoms with van der Waals surface area (Å²) >= 11 is 3.36. The van der Waals surface area contributed by atoms with Crippen molar-refractivity contribution in [3.8, 4) is 0 Å². The number of carbonyl (C=O) groups is 1. The summed E-state index contributed by atoms with van der Waals surface area (Å²) in [7, 11) is 1.43. The Morgan fingerprint density at radius 1 is 1.67 bits per heavy atom. The molecule has 0 radical (unpaired) electrons. The molecule has 0 aliphatic heterocycles. The third-order valence-electron chi connectivity index (χ3n) is 2.71. The van der Waals surface area contributed by atoms with Crippen molar-refractivity contribution in [2.45, 2.75) is 19.3 Å². The Bertz CT molecular complexity index is 329. The van der Waals surface area contributed by atoms with E-state index in [1.807, 2.05) is 6.08 Å². The molecule has 0 heterocycles. The molecule has 82 valence electrons. The smallest absolute Gasteiger partial charge is 0.309 e. The molecule has 0 fully saturated rings. The molecule has 1 unspecified atom stereocenters. The highest BCUT2D eigenvalue weighted by Gasteiger charge is 2.26. The molecule has 0 aromatic carbocycles. The van der Waals surface area contributed by atoms with E-state index < -0.39 is 0 Å². The van der Waals surface area contributed by atoms with Gasteiger partial charge >= 0.3 is 5.97 Å². The lowest BCUT2D eigenvalue weighted by Crippen LogP contribution is -2.20. The van der Waals surface area contributed by atoms with E-state index in [0.29, 0.717) is 6.42 Å². The number of allylic oxidation sites excluding steroid dienone is 4. The lowest BCUT2D eigenvalue weighted by molar-refractivity contribution is -0.145. The van der Waals surface area contributed by atoms with Gasteiger partial charge in [0, 0.05) is 4.48 Å². The maximum Gasteiger partial charge on any atom is 0.309 e. The first-order chi connectivity index (χ1) is 7.10. The van der Waals surface area contributed by atoms with Crippen LogP contribution >= 0.6 is 15.9 Å². The summed E-state index contributed by atoms with van der Waals surface area (Å²) < 4.78 is 5.59. The predicted molar refractivity (Wildman–Crippen MR) is 64.6 cm³/mol. The van der Waals surface area contributed by atoms with Crippen LogP contribution in [0.5, 0.6) is 0 Å². The van der Waals surface area contributed by atoms with Crippen LogP contribution in [-0.2, 0) is 9.53 Å². The molecule has 0 N–H and O–H groups in total. The Morgan fingerprint density at radius 2 is 2.33 bits per heavy atom. The van der Waals surface area contributed by atoms with Crippen molar-refractivity contribution in [3.05, 3.63) is 34.9 Å². The highest BCUT2D eigenvalue weighted by molar-refractivity contribution is 9.11. The van der Waals surface area contributed by atoms with Gasteiger partial charge in [-0.3, -0.25) is 4.79 Å². The molecule has 0 saturated heterocycles. The van der Waals surface area contributed by atoms with Gasteiger partial charge in [0.05, 0.1) is 13.0 Å². The summed E-state index contributed by atoms with van der Waals surface area (Å²) in [6, 6.07) is 0. The van der Waals surface area contributed by atoms with Crippen molar-refractivity contribution in [3.63, 3.8) is 0 Å². The fraction of sp³-hybridized carbons (Fsp3) is 0.417. The number of ether oxygens (including phenoxy) is 1. The minimum atomic E-state index is -0.135. The van der Waals surface area contributed by atoms with E-state index in [1.165, 1.54) is 12.7 Å². The highest BCUT2D eigenvalue weighted by Crippen LogP contribution is 2.35. The summed E-state index contributed by atoms with van der Waals surface area (Å²) in [6.07, 6.45) is 4.23. The van der Waals surface area contributed by atoms with E-state index in [-0.39, 0.29) is 11.9 Å². The molecule has 0 aromatic rings. The van der Waals surface area contributed by atoms with Gasteiger partial charge in [0.1, 0.15) is 0 Å². The van der Waals surface area contributed by atoms with E-state index in [9.17, 15) is 4.79 Å². The average Bonchev–Trinajstić information content (AvgIpc) is 2.27. The Balaban J connectivity index is 2.88. The maximum absolute atomic E-state index is 11.4. The van der Waals surface area contributed by atoms with Gasteiger partial charge in [-0.05, 0) is 30.4 Å². The van der Waals surface area contributed by atoms with E-state index in [1.54, 1.807) is 0 Å². The zero-order valence-electron chi connectivity index (χ0n) is 8.88. The summed E-state index contributed by atoms with van der Waals surface area (Å²) in [4.78, 5) is 11.4. The fourth-order valence-electron chi connectivity index (χ4n) is 1.84. The van der Waals surface area contributed by atoms with Crippen LogP contribution in [0.15, 0.2) is 34.9 Å². The molecule has 1 aliphatic rings. The zero-order valence-corrected chi connectivity index (χ0v) is 10.5. The summed E-state index contributed by atoms with van der Waals surface area (Å²) in [6.45, 7) is 7.63. The van der Waals surface area contributed by atoms with Crippen LogP contribution < -0.4 is 0 Å². The molecule has 0 bridgehead atoms. The molecule has 1 rings (SSSR count). The van der Waals surface area contributed by atoms with Crippen molar-refractivity contribution >= 4 is 21.9 Å². The molecule has 0 saturated carbocycles. The number of rotatable bonds is 3. The Hall–Kier alpha value is -0.830. The van der Waals surface area contributed by atoms with Crippen molar-refractivity contribution in [1.29, 1.82) is 0 Å². The molecule has 2 nitrogen and oxygen atoms in total. The number of halogens is 1. The monoisotopic (exact) mass is 270 g/mol. The quantitative estimate of drug-likeness (QED) is 0.736. The standard InChI is InChI=1S/C12H15BrO2/c1-4-9-5-6-10(12(14)15-3)7-11(9)8(2)13/h4,10H,1-2,5-7H2,3H3. The first kappa shape index (κ1) is 12.2. The number of hydrogen-bond donors (Lipinski definition) is 0. The summed E-state index contributed by atoms with van der Waals surface area (Å²) in [5.74, 6) is -0.174. The van der Waals surface area contributed by atoms with Crippen LogP contribution in [0, 0.1) is 5.92 Å². The lowest BCUT2D eigenvalue weighted by Gasteiger charge is -2.24. The second kappa shape index (κ2) is 5.31. The molecule has 0 spiro atoms. The SMILES string of the molecule is C=CC1=C(C(=C)Br)CC(C(=O)OC)CC1. The first-order valence-electron chi connectivity index (χ1n) is 4.87. The summed E-state index contributed by atoms with van der Waals surface area (Å²) in [5.41, 5.74) is 2.27. The van der Waals surface area contributed by atoms with Gasteiger partial charge < -0.3 is 4.74 Å². The van der Waals surface area contributed by atoms with E-state index in [0.717, 1.165) is 22.9 Å². The van der Waals surface area contributed by atoms with Crippen molar-refractivity contribution in [2.24, 2.45) is 5.92 Å². The zero-order chi connectivity index (χ0) is 11.4. The highest BCUT2D eigenvalue weighted by atomic mass is 79.9. The van der Waals surface area contributed by atoms with E-state index in [2.05, 4.69) is 29.1 Å². The lowest BCUT2D eigenvalue weighted by atomic mass is 9.84. The normalized spacial score (nSPS) is 21.1. The molecule has 1 aliphatic carbocycles. The number of methoxy groups -OCH3 is 1. The van der Waals surface area contributed by atoms with Crippen molar-refractivity contribution in [2.75, 3.05) is 7.11 Å². The van der Waals surface area contributed by atoms with Crippen LogP contribution in [0.3, 0.4) is 0 Å². The third kappa shape index (κ3) is 2.81. The molecular formula is C12H15BrO2. The predicted octanol–water partition coefficient (Wildman–Crippen LogP) is 3.35. The summed E-state index contributed by atoms with van der Waals surface area (Å²) in [5, 5.41) is 0. The number of carbonyl (C=O) groups excluding carboxylic acids is 1. The van der Waals surface area contributed by atoms with Gasteiger partial charge in [0.15, 0.2) is 0 Å². The van der Waals surface area contributed by atoms with Crippen LogP contribution in [0.1, 0.15) is 19.3 Å². The minimum Gasteiger partial charge on any atom is -0.469 e. The molecule has 3 heteroatoms. The van der Waals surface area contributed by atoms with E-state index in [4.69, 9.17) is 4.74 Å². The molecule has 1 atom stereocenters. The first-order valence-corrected chi connectivity index (χ1v) is 5.66. The fourth-order valence-corrected chi connectivity index (χ4v) is 2.25. The minimum absolute atomic E-state index is 0.0389. The van der Waals surface area contributed by atoms with Gasteiger partial charge in [-0.2, -0.15) is 0 Å².